The average Bonchev–Trinajstić information content (AvgIpc) is 2.15. The lowest BCUT2D eigenvalue weighted by Gasteiger charge is -2.37. The molecule has 0 bridgehead atoms. The molecule has 0 unspecified atom stereocenters. The number of rotatable bonds is 3. The van der Waals surface area contributed by atoms with Crippen LogP contribution in [0.1, 0.15) is 27.2 Å². The predicted molar refractivity (Wildman–Crippen MR) is 67.2 cm³/mol. The van der Waals surface area contributed by atoms with Crippen LogP contribution in [0.2, 0.25) is 18.1 Å². The van der Waals surface area contributed by atoms with Crippen LogP contribution in [0.25, 0.3) is 0 Å². The van der Waals surface area contributed by atoms with E-state index in [0.29, 0.717) is 13.0 Å². The van der Waals surface area contributed by atoms with Gasteiger partial charge in [0.1, 0.15) is 0 Å². The van der Waals surface area contributed by atoms with Crippen LogP contribution >= 0.6 is 0 Å². The van der Waals surface area contributed by atoms with Gasteiger partial charge in [0.15, 0.2) is 14.5 Å². The van der Waals surface area contributed by atoms with E-state index >= 15 is 0 Å². The molecule has 1 rings (SSSR count). The Morgan fingerprint density at radius 2 is 2.12 bits per heavy atom. The van der Waals surface area contributed by atoms with Gasteiger partial charge in [0.2, 0.25) is 0 Å². The van der Waals surface area contributed by atoms with E-state index in [4.69, 9.17) is 9.16 Å². The standard InChI is InChI=1S/C11H23NO3Si/c1-11(2,3)16(4,5)15-8-10-6-7-12(13)9-14-10/h7,10H,6,8-9H2,1-5H3/t10-/m1/s1. The SMILES string of the molecule is CC(C)(C)[Si](C)(C)OC[C@H]1CC=[N+]([O-])CO1. The van der Waals surface area contributed by atoms with Crippen molar-refractivity contribution < 1.29 is 13.9 Å². The number of hydrogen-bond donors (Lipinski definition) is 0. The average molecular weight is 245 g/mol. The van der Waals surface area contributed by atoms with Crippen LogP contribution in [0.5, 0.6) is 0 Å². The molecule has 0 N–H and O–H groups in total. The summed E-state index contributed by atoms with van der Waals surface area (Å²) in [5.74, 6) is 0. The molecule has 0 saturated carbocycles. The Balaban J connectivity index is 2.41. The number of ether oxygens (including phenoxy) is 1. The quantitative estimate of drug-likeness (QED) is 0.435. The van der Waals surface area contributed by atoms with E-state index in [0.717, 1.165) is 4.74 Å². The van der Waals surface area contributed by atoms with Crippen LogP contribution in [0, 0.1) is 5.21 Å². The van der Waals surface area contributed by atoms with Crippen molar-refractivity contribution in [3.63, 3.8) is 0 Å². The van der Waals surface area contributed by atoms with Crippen molar-refractivity contribution >= 4 is 14.5 Å². The molecular formula is C11H23NO3Si. The first-order valence-corrected chi connectivity index (χ1v) is 8.66. The lowest BCUT2D eigenvalue weighted by Crippen LogP contribution is -2.43. The Morgan fingerprint density at radius 3 is 2.56 bits per heavy atom. The fraction of sp³-hybridized carbons (Fsp3) is 0.909. The van der Waals surface area contributed by atoms with Crippen molar-refractivity contribution in [3.8, 4) is 0 Å². The van der Waals surface area contributed by atoms with E-state index < -0.39 is 8.32 Å². The molecule has 94 valence electrons. The zero-order chi connectivity index (χ0) is 12.4. The minimum atomic E-state index is -1.69. The summed E-state index contributed by atoms with van der Waals surface area (Å²) in [6.07, 6.45) is 2.32. The maximum absolute atomic E-state index is 10.9. The molecule has 1 atom stereocenters. The first-order chi connectivity index (χ1) is 7.22. The highest BCUT2D eigenvalue weighted by molar-refractivity contribution is 6.74. The largest absolute Gasteiger partial charge is 0.622 e. The maximum Gasteiger partial charge on any atom is 0.257 e. The second kappa shape index (κ2) is 4.85. The summed E-state index contributed by atoms with van der Waals surface area (Å²) in [6.45, 7) is 11.8. The molecule has 1 heterocycles. The maximum atomic E-state index is 10.9. The van der Waals surface area contributed by atoms with E-state index in [-0.39, 0.29) is 17.9 Å². The van der Waals surface area contributed by atoms with E-state index in [2.05, 4.69) is 33.9 Å². The highest BCUT2D eigenvalue weighted by Gasteiger charge is 2.37. The lowest BCUT2D eigenvalue weighted by molar-refractivity contribution is -0.516. The number of hydroxylamine groups is 1. The third-order valence-corrected chi connectivity index (χ3v) is 7.95. The normalized spacial score (nSPS) is 23.1. The third-order valence-electron chi connectivity index (χ3n) is 3.45. The molecule has 5 heteroatoms. The molecule has 1 aliphatic rings. The Bertz CT molecular complexity index is 271. The van der Waals surface area contributed by atoms with Crippen LogP contribution in [0.4, 0.5) is 0 Å². The van der Waals surface area contributed by atoms with Gasteiger partial charge in [-0.25, -0.2) is 0 Å². The molecule has 0 fully saturated rings. The van der Waals surface area contributed by atoms with Gasteiger partial charge < -0.3 is 14.4 Å². The molecule has 16 heavy (non-hydrogen) atoms. The molecule has 1 aliphatic heterocycles. The van der Waals surface area contributed by atoms with Crippen molar-refractivity contribution in [1.82, 2.24) is 0 Å². The van der Waals surface area contributed by atoms with Crippen LogP contribution in [-0.4, -0.2) is 38.7 Å². The Morgan fingerprint density at radius 1 is 1.50 bits per heavy atom. The Hall–Kier alpha value is -0.393. The highest BCUT2D eigenvalue weighted by Crippen LogP contribution is 2.36. The number of hydrogen-bond acceptors (Lipinski definition) is 3. The van der Waals surface area contributed by atoms with Crippen molar-refractivity contribution in [2.75, 3.05) is 13.3 Å². The molecule has 0 aromatic rings. The second-order valence-corrected chi connectivity index (χ2v) is 10.6. The monoisotopic (exact) mass is 245 g/mol. The third kappa shape index (κ3) is 3.57. The van der Waals surface area contributed by atoms with Gasteiger partial charge in [-0.05, 0) is 18.1 Å². The molecule has 0 radical (unpaired) electrons. The second-order valence-electron chi connectivity index (χ2n) is 5.82. The van der Waals surface area contributed by atoms with Gasteiger partial charge in [-0.3, -0.25) is 0 Å². The minimum absolute atomic E-state index is 0.0410. The molecule has 4 nitrogen and oxygen atoms in total. The van der Waals surface area contributed by atoms with Gasteiger partial charge in [-0.15, -0.1) is 0 Å². The van der Waals surface area contributed by atoms with Gasteiger partial charge >= 0.3 is 0 Å². The summed E-state index contributed by atoms with van der Waals surface area (Å²) in [6, 6.07) is 0. The summed E-state index contributed by atoms with van der Waals surface area (Å²) >= 11 is 0. The molecule has 0 aromatic heterocycles. The summed E-state index contributed by atoms with van der Waals surface area (Å²) in [4.78, 5) is 0. The Labute approximate surface area is 99.0 Å². The zero-order valence-corrected chi connectivity index (χ0v) is 11.9. The van der Waals surface area contributed by atoms with Gasteiger partial charge in [0.05, 0.1) is 19.1 Å². The predicted octanol–water partition coefficient (Wildman–Crippen LogP) is 2.34. The van der Waals surface area contributed by atoms with Crippen molar-refractivity contribution in [3.05, 3.63) is 5.21 Å². The molecule has 0 aliphatic carbocycles. The van der Waals surface area contributed by atoms with Crippen LogP contribution in [0.3, 0.4) is 0 Å². The minimum Gasteiger partial charge on any atom is -0.622 e. The summed E-state index contributed by atoms with van der Waals surface area (Å²) < 4.78 is 12.2. The topological polar surface area (TPSA) is 44.5 Å². The van der Waals surface area contributed by atoms with Crippen molar-refractivity contribution in [2.24, 2.45) is 0 Å². The van der Waals surface area contributed by atoms with Crippen LogP contribution < -0.4 is 0 Å². The van der Waals surface area contributed by atoms with Crippen LogP contribution in [-0.2, 0) is 9.16 Å². The summed E-state index contributed by atoms with van der Waals surface area (Å²) in [5.41, 5.74) is 0. The molecule has 0 spiro atoms. The first kappa shape index (κ1) is 13.7. The smallest absolute Gasteiger partial charge is 0.257 e. The summed E-state index contributed by atoms with van der Waals surface area (Å²) in [7, 11) is -1.69. The van der Waals surface area contributed by atoms with Crippen LogP contribution in [0.15, 0.2) is 0 Å². The van der Waals surface area contributed by atoms with E-state index in [1.807, 2.05) is 0 Å². The van der Waals surface area contributed by atoms with E-state index in [9.17, 15) is 5.21 Å². The first-order valence-electron chi connectivity index (χ1n) is 5.75. The van der Waals surface area contributed by atoms with E-state index in [1.165, 1.54) is 0 Å². The fourth-order valence-corrected chi connectivity index (χ4v) is 2.20. The highest BCUT2D eigenvalue weighted by atomic mass is 28.4. The molecular weight excluding hydrogens is 222 g/mol. The summed E-state index contributed by atoms with van der Waals surface area (Å²) in [5, 5.41) is 11.1. The molecule has 0 aromatic carbocycles. The van der Waals surface area contributed by atoms with Crippen molar-refractivity contribution in [2.45, 2.75) is 51.4 Å². The van der Waals surface area contributed by atoms with Gasteiger partial charge in [0, 0.05) is 0 Å². The molecule has 0 saturated heterocycles. The van der Waals surface area contributed by atoms with Gasteiger partial charge in [-0.2, -0.15) is 4.74 Å². The van der Waals surface area contributed by atoms with Gasteiger partial charge in [0.25, 0.3) is 6.73 Å². The Kier molecular flexibility index (Phi) is 4.15. The molecule has 0 amide bonds. The van der Waals surface area contributed by atoms with Gasteiger partial charge in [-0.1, -0.05) is 20.8 Å². The van der Waals surface area contributed by atoms with Crippen molar-refractivity contribution in [1.29, 1.82) is 0 Å². The number of nitrogens with zero attached hydrogens (tertiary/aromatic N) is 1. The van der Waals surface area contributed by atoms with E-state index in [1.54, 1.807) is 6.21 Å². The fourth-order valence-electron chi connectivity index (χ4n) is 1.17. The zero-order valence-electron chi connectivity index (χ0n) is 10.9. The lowest BCUT2D eigenvalue weighted by atomic mass is 10.2.